The second-order valence-electron chi connectivity index (χ2n) is 5.65. The smallest absolute Gasteiger partial charge is 0.156 e. The van der Waals surface area contributed by atoms with E-state index in [9.17, 15) is 0 Å². The molecule has 92 valence electrons. The molecule has 0 spiro atoms. The van der Waals surface area contributed by atoms with E-state index in [2.05, 4.69) is 26.1 Å². The van der Waals surface area contributed by atoms with Crippen molar-refractivity contribution in [3.63, 3.8) is 0 Å². The maximum absolute atomic E-state index is 4.75. The molecule has 2 rings (SSSR count). The summed E-state index contributed by atoms with van der Waals surface area (Å²) < 4.78 is 0. The van der Waals surface area contributed by atoms with Crippen LogP contribution >= 0.6 is 11.8 Å². The fourth-order valence-corrected chi connectivity index (χ4v) is 3.67. The van der Waals surface area contributed by atoms with E-state index in [0.717, 1.165) is 24.3 Å². The van der Waals surface area contributed by atoms with Crippen LogP contribution in [0.25, 0.3) is 0 Å². The van der Waals surface area contributed by atoms with Crippen LogP contribution in [0.4, 0.5) is 0 Å². The predicted molar refractivity (Wildman–Crippen MR) is 73.0 cm³/mol. The van der Waals surface area contributed by atoms with Gasteiger partial charge >= 0.3 is 0 Å². The normalized spacial score (nSPS) is 42.3. The number of nitrogens with one attached hydrogen (secondary N) is 1. The van der Waals surface area contributed by atoms with Crippen LogP contribution < -0.4 is 5.32 Å². The van der Waals surface area contributed by atoms with Crippen molar-refractivity contribution in [3.8, 4) is 0 Å². The summed E-state index contributed by atoms with van der Waals surface area (Å²) in [4.78, 5) is 4.75. The highest BCUT2D eigenvalue weighted by Crippen LogP contribution is 2.30. The molecule has 0 aromatic heterocycles. The van der Waals surface area contributed by atoms with Gasteiger partial charge in [-0.25, -0.2) is 0 Å². The van der Waals surface area contributed by atoms with Crippen molar-refractivity contribution in [2.75, 3.05) is 12.3 Å². The van der Waals surface area contributed by atoms with Gasteiger partial charge in [-0.05, 0) is 37.5 Å². The molecule has 0 bridgehead atoms. The zero-order valence-electron chi connectivity index (χ0n) is 10.7. The van der Waals surface area contributed by atoms with E-state index >= 15 is 0 Å². The molecule has 4 atom stereocenters. The van der Waals surface area contributed by atoms with E-state index in [-0.39, 0.29) is 0 Å². The molecule has 2 aliphatic rings. The highest BCUT2D eigenvalue weighted by atomic mass is 32.2. The second-order valence-corrected chi connectivity index (χ2v) is 6.66. The highest BCUT2D eigenvalue weighted by Gasteiger charge is 2.23. The molecular formula is C13H24N2S. The van der Waals surface area contributed by atoms with Crippen molar-refractivity contribution in [3.05, 3.63) is 0 Å². The van der Waals surface area contributed by atoms with Crippen LogP contribution in [-0.4, -0.2) is 23.5 Å². The molecule has 2 nitrogen and oxygen atoms in total. The molecule has 0 aromatic carbocycles. The van der Waals surface area contributed by atoms with Gasteiger partial charge in [0.2, 0.25) is 0 Å². The SMILES string of the molecule is CC1CCC(CN=C2NC(C)C(C)CS2)C1. The average molecular weight is 240 g/mol. The van der Waals surface area contributed by atoms with Crippen LogP contribution in [0.3, 0.4) is 0 Å². The Hall–Kier alpha value is -0.180. The monoisotopic (exact) mass is 240 g/mol. The van der Waals surface area contributed by atoms with Gasteiger partial charge in [0.15, 0.2) is 5.17 Å². The standard InChI is InChI=1S/C13H24N2S/c1-9-4-5-12(6-9)7-14-13-15-11(3)10(2)8-16-13/h9-12H,4-8H2,1-3H3,(H,14,15). The van der Waals surface area contributed by atoms with Gasteiger partial charge in [0.1, 0.15) is 0 Å². The molecule has 1 saturated carbocycles. The lowest BCUT2D eigenvalue weighted by molar-refractivity contribution is 0.486. The topological polar surface area (TPSA) is 24.4 Å². The van der Waals surface area contributed by atoms with E-state index in [1.807, 2.05) is 11.8 Å². The quantitative estimate of drug-likeness (QED) is 0.802. The minimum atomic E-state index is 0.586. The van der Waals surface area contributed by atoms with Gasteiger partial charge < -0.3 is 5.32 Å². The maximum atomic E-state index is 4.75. The molecular weight excluding hydrogens is 216 g/mol. The number of thioether (sulfide) groups is 1. The van der Waals surface area contributed by atoms with Crippen molar-refractivity contribution in [1.82, 2.24) is 5.32 Å². The zero-order valence-corrected chi connectivity index (χ0v) is 11.5. The molecule has 0 amide bonds. The molecule has 1 aliphatic heterocycles. The maximum Gasteiger partial charge on any atom is 0.156 e. The lowest BCUT2D eigenvalue weighted by atomic mass is 10.1. The Balaban J connectivity index is 1.79. The Morgan fingerprint density at radius 1 is 1.31 bits per heavy atom. The van der Waals surface area contributed by atoms with Gasteiger partial charge in [-0.15, -0.1) is 0 Å². The number of hydrogen-bond donors (Lipinski definition) is 1. The summed E-state index contributed by atoms with van der Waals surface area (Å²) >= 11 is 1.90. The van der Waals surface area contributed by atoms with Crippen LogP contribution in [0.2, 0.25) is 0 Å². The van der Waals surface area contributed by atoms with E-state index in [4.69, 9.17) is 4.99 Å². The Labute approximate surface area is 104 Å². The molecule has 16 heavy (non-hydrogen) atoms. The van der Waals surface area contributed by atoms with Crippen molar-refractivity contribution < 1.29 is 0 Å². The minimum absolute atomic E-state index is 0.586. The summed E-state index contributed by atoms with van der Waals surface area (Å²) in [6.07, 6.45) is 4.17. The Bertz CT molecular complexity index is 265. The zero-order chi connectivity index (χ0) is 11.5. The lowest BCUT2D eigenvalue weighted by Crippen LogP contribution is -2.41. The largest absolute Gasteiger partial charge is 0.362 e. The van der Waals surface area contributed by atoms with Gasteiger partial charge in [-0.2, -0.15) is 0 Å². The summed E-state index contributed by atoms with van der Waals surface area (Å²) in [5.41, 5.74) is 0. The van der Waals surface area contributed by atoms with Crippen LogP contribution in [-0.2, 0) is 0 Å². The van der Waals surface area contributed by atoms with Gasteiger partial charge in [-0.3, -0.25) is 4.99 Å². The Kier molecular flexibility index (Phi) is 4.17. The van der Waals surface area contributed by atoms with E-state index in [0.29, 0.717) is 6.04 Å². The lowest BCUT2D eigenvalue weighted by Gasteiger charge is -2.28. The fourth-order valence-electron chi connectivity index (χ4n) is 2.53. The van der Waals surface area contributed by atoms with Gasteiger partial charge in [0.25, 0.3) is 0 Å². The van der Waals surface area contributed by atoms with Crippen LogP contribution in [0, 0.1) is 17.8 Å². The van der Waals surface area contributed by atoms with Gasteiger partial charge in [-0.1, -0.05) is 32.0 Å². The summed E-state index contributed by atoms with van der Waals surface area (Å²) in [5.74, 6) is 3.75. The molecule has 1 aliphatic carbocycles. The molecule has 0 radical (unpaired) electrons. The number of hydrogen-bond acceptors (Lipinski definition) is 2. The first kappa shape index (κ1) is 12.3. The van der Waals surface area contributed by atoms with Crippen molar-refractivity contribution in [1.29, 1.82) is 0 Å². The highest BCUT2D eigenvalue weighted by molar-refractivity contribution is 8.13. The molecule has 1 heterocycles. The molecule has 1 N–H and O–H groups in total. The molecule has 0 aromatic rings. The number of rotatable bonds is 2. The number of amidine groups is 1. The summed E-state index contributed by atoms with van der Waals surface area (Å²) in [7, 11) is 0. The van der Waals surface area contributed by atoms with Crippen molar-refractivity contribution in [2.45, 2.75) is 46.1 Å². The Morgan fingerprint density at radius 3 is 2.75 bits per heavy atom. The third-order valence-electron chi connectivity index (χ3n) is 3.98. The van der Waals surface area contributed by atoms with Gasteiger partial charge in [0, 0.05) is 18.3 Å². The minimum Gasteiger partial charge on any atom is -0.362 e. The third-order valence-corrected chi connectivity index (χ3v) is 5.20. The summed E-state index contributed by atoms with van der Waals surface area (Å²) in [6, 6.07) is 0.586. The second kappa shape index (κ2) is 5.44. The van der Waals surface area contributed by atoms with Crippen LogP contribution in [0.1, 0.15) is 40.0 Å². The van der Waals surface area contributed by atoms with Crippen LogP contribution in [0.15, 0.2) is 4.99 Å². The van der Waals surface area contributed by atoms with E-state index in [1.54, 1.807) is 0 Å². The summed E-state index contributed by atoms with van der Waals surface area (Å²) in [5, 5.41) is 4.70. The first-order valence-electron chi connectivity index (χ1n) is 6.59. The van der Waals surface area contributed by atoms with E-state index in [1.165, 1.54) is 30.2 Å². The molecule has 4 unspecified atom stereocenters. The first-order chi connectivity index (χ1) is 7.65. The molecule has 1 saturated heterocycles. The fraction of sp³-hybridized carbons (Fsp3) is 0.923. The Morgan fingerprint density at radius 2 is 2.12 bits per heavy atom. The molecule has 3 heteroatoms. The van der Waals surface area contributed by atoms with E-state index < -0.39 is 0 Å². The third kappa shape index (κ3) is 3.16. The first-order valence-corrected chi connectivity index (χ1v) is 7.57. The van der Waals surface area contributed by atoms with Crippen molar-refractivity contribution >= 4 is 16.9 Å². The van der Waals surface area contributed by atoms with Gasteiger partial charge in [0.05, 0.1) is 0 Å². The predicted octanol–water partition coefficient (Wildman–Crippen LogP) is 3.14. The number of nitrogens with zero attached hydrogens (tertiary/aromatic N) is 1. The van der Waals surface area contributed by atoms with Crippen molar-refractivity contribution in [2.24, 2.45) is 22.7 Å². The van der Waals surface area contributed by atoms with Crippen LogP contribution in [0.5, 0.6) is 0 Å². The molecule has 2 fully saturated rings. The summed E-state index contributed by atoms with van der Waals surface area (Å²) in [6.45, 7) is 7.98. The average Bonchev–Trinajstić information content (AvgIpc) is 2.66. The number of aliphatic imine (C=N–C) groups is 1.